The lowest BCUT2D eigenvalue weighted by Crippen LogP contribution is -2.59. The topological polar surface area (TPSA) is 68.5 Å². The van der Waals surface area contributed by atoms with Gasteiger partial charge in [-0.15, -0.1) is 0 Å². The van der Waals surface area contributed by atoms with Gasteiger partial charge in [0.15, 0.2) is 5.58 Å². The van der Waals surface area contributed by atoms with Gasteiger partial charge in [0.25, 0.3) is 0 Å². The first kappa shape index (κ1) is 16.8. The van der Waals surface area contributed by atoms with E-state index in [4.69, 9.17) is 4.42 Å². The van der Waals surface area contributed by atoms with E-state index in [2.05, 4.69) is 4.74 Å². The molecule has 0 spiro atoms. The number of furan rings is 1. The number of hydrogen-bond donors (Lipinski definition) is 1. The number of sulfonamides is 1. The number of fused-ring (bicyclic) bond motifs is 1. The molecule has 1 atom stereocenters. The molecule has 0 amide bonds. The number of ether oxygens (including phenoxy) is 1. The minimum Gasteiger partial charge on any atom is -0.463 e. The first-order valence-electron chi connectivity index (χ1n) is 6.16. The van der Waals surface area contributed by atoms with Gasteiger partial charge in [0.05, 0.1) is 12.9 Å². The van der Waals surface area contributed by atoms with Crippen LogP contribution in [0.5, 0.6) is 0 Å². The number of para-hydroxylation sites is 1. The molecule has 0 aliphatic rings. The van der Waals surface area contributed by atoms with Crippen LogP contribution in [0.3, 0.4) is 0 Å². The molecule has 0 aliphatic carbocycles. The Hall–Kier alpha value is -1.58. The molecule has 0 bridgehead atoms. The van der Waals surface area contributed by atoms with E-state index < -0.39 is 28.3 Å². The van der Waals surface area contributed by atoms with Crippen LogP contribution in [0.2, 0.25) is 0 Å². The van der Waals surface area contributed by atoms with Gasteiger partial charge in [0.2, 0.25) is 10.0 Å². The fraction of sp³-hybridized carbons (Fsp3) is 0.385. The second-order valence-electron chi connectivity index (χ2n) is 4.96. The Bertz CT molecular complexity index is 769. The maximum atomic E-state index is 13.2. The highest BCUT2D eigenvalue weighted by atomic mass is 32.2. The van der Waals surface area contributed by atoms with Crippen molar-refractivity contribution in [1.29, 1.82) is 0 Å². The molecular weight excluding hydrogens is 323 g/mol. The molecule has 1 unspecified atom stereocenters. The van der Waals surface area contributed by atoms with Crippen molar-refractivity contribution in [3.8, 4) is 0 Å². The SMILES string of the molecule is COCC(C)(NS(=O)(=O)c1cccc2ccoc12)C(F)(F)F. The van der Waals surface area contributed by atoms with Gasteiger partial charge in [-0.05, 0) is 19.1 Å². The van der Waals surface area contributed by atoms with E-state index in [9.17, 15) is 21.6 Å². The zero-order chi connectivity index (χ0) is 16.6. The van der Waals surface area contributed by atoms with Crippen LogP contribution >= 0.6 is 0 Å². The molecule has 1 aromatic carbocycles. The van der Waals surface area contributed by atoms with Gasteiger partial charge in [-0.2, -0.15) is 17.9 Å². The lowest BCUT2D eigenvalue weighted by Gasteiger charge is -2.31. The predicted octanol–water partition coefficient (Wildman–Crippen LogP) is 2.68. The summed E-state index contributed by atoms with van der Waals surface area (Å²) in [6.07, 6.45) is -3.56. The molecule has 0 radical (unpaired) electrons. The Morgan fingerprint density at radius 2 is 1.95 bits per heavy atom. The molecule has 0 fully saturated rings. The van der Waals surface area contributed by atoms with Crippen molar-refractivity contribution in [2.45, 2.75) is 23.5 Å². The summed E-state index contributed by atoms with van der Waals surface area (Å²) < 4.78 is 75.4. The zero-order valence-corrected chi connectivity index (χ0v) is 12.6. The summed E-state index contributed by atoms with van der Waals surface area (Å²) in [7, 11) is -3.40. The van der Waals surface area contributed by atoms with Gasteiger partial charge in [-0.25, -0.2) is 8.42 Å². The molecule has 1 aromatic heterocycles. The minimum atomic E-state index is -4.83. The summed E-state index contributed by atoms with van der Waals surface area (Å²) in [5, 5.41) is 0.475. The zero-order valence-electron chi connectivity index (χ0n) is 11.8. The largest absolute Gasteiger partial charge is 0.463 e. The fourth-order valence-corrected chi connectivity index (χ4v) is 3.53. The van der Waals surface area contributed by atoms with Crippen molar-refractivity contribution >= 4 is 21.0 Å². The summed E-state index contributed by atoms with van der Waals surface area (Å²) in [5.41, 5.74) is -2.76. The maximum Gasteiger partial charge on any atom is 0.409 e. The Morgan fingerprint density at radius 3 is 2.55 bits per heavy atom. The second-order valence-corrected chi connectivity index (χ2v) is 6.61. The quantitative estimate of drug-likeness (QED) is 0.911. The lowest BCUT2D eigenvalue weighted by atomic mass is 10.1. The number of benzene rings is 1. The molecule has 1 heterocycles. The summed E-state index contributed by atoms with van der Waals surface area (Å²) in [6.45, 7) is -0.139. The average molecular weight is 337 g/mol. The van der Waals surface area contributed by atoms with Gasteiger partial charge < -0.3 is 9.15 Å². The van der Waals surface area contributed by atoms with Gasteiger partial charge in [-0.3, -0.25) is 0 Å². The van der Waals surface area contributed by atoms with Gasteiger partial charge >= 0.3 is 6.18 Å². The van der Waals surface area contributed by atoms with Crippen LogP contribution in [0, 0.1) is 0 Å². The van der Waals surface area contributed by atoms with Crippen molar-refractivity contribution < 1.29 is 30.7 Å². The highest BCUT2D eigenvalue weighted by Crippen LogP contribution is 2.33. The van der Waals surface area contributed by atoms with Crippen molar-refractivity contribution in [1.82, 2.24) is 4.72 Å². The van der Waals surface area contributed by atoms with E-state index in [0.717, 1.165) is 14.0 Å². The minimum absolute atomic E-state index is 0.00283. The normalized spacial score (nSPS) is 15.9. The van der Waals surface area contributed by atoms with Gasteiger partial charge in [0.1, 0.15) is 10.4 Å². The molecule has 9 heteroatoms. The number of alkyl halides is 3. The number of halogens is 3. The van der Waals surface area contributed by atoms with Gasteiger partial charge in [-0.1, -0.05) is 12.1 Å². The highest BCUT2D eigenvalue weighted by molar-refractivity contribution is 7.89. The van der Waals surface area contributed by atoms with Crippen molar-refractivity contribution in [2.24, 2.45) is 0 Å². The van der Waals surface area contributed by atoms with E-state index in [0.29, 0.717) is 5.39 Å². The molecule has 0 saturated heterocycles. The van der Waals surface area contributed by atoms with Crippen LogP contribution in [0.15, 0.2) is 39.8 Å². The molecule has 5 nitrogen and oxygen atoms in total. The molecule has 2 rings (SSSR count). The molecule has 1 N–H and O–H groups in total. The van der Waals surface area contributed by atoms with Crippen molar-refractivity contribution in [3.05, 3.63) is 30.5 Å². The highest BCUT2D eigenvalue weighted by Gasteiger charge is 2.53. The predicted molar refractivity (Wildman–Crippen MR) is 72.9 cm³/mol. The van der Waals surface area contributed by atoms with E-state index in [1.54, 1.807) is 10.8 Å². The monoisotopic (exact) mass is 337 g/mol. The molecule has 122 valence electrons. The summed E-state index contributed by atoms with van der Waals surface area (Å²) in [5.74, 6) is 0. The molecular formula is C13H14F3NO4S. The third-order valence-corrected chi connectivity index (χ3v) is 4.77. The Kier molecular flexibility index (Phi) is 4.24. The fourth-order valence-electron chi connectivity index (χ4n) is 1.99. The smallest absolute Gasteiger partial charge is 0.409 e. The van der Waals surface area contributed by atoms with Crippen LogP contribution in [0.4, 0.5) is 13.2 Å². The van der Waals surface area contributed by atoms with Gasteiger partial charge in [0, 0.05) is 12.5 Å². The van der Waals surface area contributed by atoms with E-state index in [-0.39, 0.29) is 10.5 Å². The number of hydrogen-bond acceptors (Lipinski definition) is 4. The van der Waals surface area contributed by atoms with Crippen LogP contribution in [0.25, 0.3) is 11.0 Å². The molecule has 0 aliphatic heterocycles. The first-order chi connectivity index (χ1) is 10.1. The van der Waals surface area contributed by atoms with E-state index >= 15 is 0 Å². The second kappa shape index (κ2) is 5.56. The summed E-state index contributed by atoms with van der Waals surface area (Å²) in [6, 6.07) is 5.72. The lowest BCUT2D eigenvalue weighted by molar-refractivity contribution is -0.197. The third kappa shape index (κ3) is 2.96. The van der Waals surface area contributed by atoms with Crippen molar-refractivity contribution in [3.63, 3.8) is 0 Å². The maximum absolute atomic E-state index is 13.2. The third-order valence-electron chi connectivity index (χ3n) is 3.15. The number of nitrogens with one attached hydrogen (secondary N) is 1. The number of methoxy groups -OCH3 is 1. The Balaban J connectivity index is 2.48. The Morgan fingerprint density at radius 1 is 1.27 bits per heavy atom. The molecule has 2 aromatic rings. The summed E-state index contributed by atoms with van der Waals surface area (Å²) >= 11 is 0. The van der Waals surface area contributed by atoms with Crippen LogP contribution < -0.4 is 4.72 Å². The van der Waals surface area contributed by atoms with Crippen LogP contribution in [-0.4, -0.2) is 33.8 Å². The van der Waals surface area contributed by atoms with Crippen molar-refractivity contribution in [2.75, 3.05) is 13.7 Å². The van der Waals surface area contributed by atoms with Crippen LogP contribution in [0.1, 0.15) is 6.92 Å². The standard InChI is InChI=1S/C13H14F3NO4S/c1-12(8-20-2,13(14,15)16)17-22(18,19)10-5-3-4-9-6-7-21-11(9)10/h3-7,17H,8H2,1-2H3. The van der Waals surface area contributed by atoms with E-state index in [1.807, 2.05) is 0 Å². The molecule has 22 heavy (non-hydrogen) atoms. The summed E-state index contributed by atoms with van der Waals surface area (Å²) in [4.78, 5) is -0.360. The Labute approximate surface area is 125 Å². The molecule has 0 saturated carbocycles. The first-order valence-corrected chi connectivity index (χ1v) is 7.65. The average Bonchev–Trinajstić information content (AvgIpc) is 2.84. The van der Waals surface area contributed by atoms with E-state index in [1.165, 1.54) is 24.5 Å². The number of rotatable bonds is 5. The van der Waals surface area contributed by atoms with Crippen LogP contribution in [-0.2, 0) is 14.8 Å².